The van der Waals surface area contributed by atoms with Crippen LogP contribution >= 0.6 is 0 Å². The van der Waals surface area contributed by atoms with E-state index in [1.807, 2.05) is 61.5 Å². The van der Waals surface area contributed by atoms with Gasteiger partial charge in [0.2, 0.25) is 5.91 Å². The number of Topliss-reactive ketones (excluding diaryl/α,β-unsaturated/α-hetero) is 1. The maximum Gasteiger partial charge on any atom is 0.417 e. The molecular weight excluding hydrogens is 562 g/mol. The van der Waals surface area contributed by atoms with Crippen molar-refractivity contribution in [3.63, 3.8) is 0 Å². The first-order valence-corrected chi connectivity index (χ1v) is 18.1. The summed E-state index contributed by atoms with van der Waals surface area (Å²) in [7, 11) is -0.596. The Hall–Kier alpha value is -3.01. The standard InChI is InChI=1S/C34H49NO7Si/c1-24(31(36)25(2)32(37)35-28(23-41-33(35)38)21-26-13-10-9-11-14-26)30(42-43(7,8)34(3,4)5)15-12-20-40-22-27-16-18-29(39-6)19-17-27/h9-11,13-14,16-19,24-25,28,30H,12,15,20-23H2,1-8H3/t24-,25+,28+,30-/m0/s1. The molecule has 3 rings (SSSR count). The number of hydrogen-bond donors (Lipinski definition) is 0. The third-order valence-electron chi connectivity index (χ3n) is 8.77. The predicted octanol–water partition coefficient (Wildman–Crippen LogP) is 6.81. The van der Waals surface area contributed by atoms with Crippen LogP contribution < -0.4 is 4.74 Å². The number of hydrogen-bond acceptors (Lipinski definition) is 7. The number of ether oxygens (including phenoxy) is 3. The van der Waals surface area contributed by atoms with Crippen molar-refractivity contribution in [2.75, 3.05) is 20.3 Å². The third-order valence-corrected chi connectivity index (χ3v) is 13.3. The summed E-state index contributed by atoms with van der Waals surface area (Å²) in [6, 6.07) is 17.0. The van der Waals surface area contributed by atoms with E-state index < -0.39 is 38.2 Å². The molecule has 1 heterocycles. The zero-order valence-corrected chi connectivity index (χ0v) is 28.1. The third kappa shape index (κ3) is 9.24. The van der Waals surface area contributed by atoms with Gasteiger partial charge >= 0.3 is 6.09 Å². The van der Waals surface area contributed by atoms with E-state index in [4.69, 9.17) is 18.6 Å². The van der Waals surface area contributed by atoms with Crippen molar-refractivity contribution < 1.29 is 33.0 Å². The zero-order chi connectivity index (χ0) is 31.8. The number of amides is 2. The fraction of sp³-hybridized carbons (Fsp3) is 0.559. The summed E-state index contributed by atoms with van der Waals surface area (Å²) >= 11 is 0. The van der Waals surface area contributed by atoms with Crippen LogP contribution in [0.3, 0.4) is 0 Å². The molecule has 0 aromatic heterocycles. The second-order valence-corrected chi connectivity index (χ2v) is 17.8. The molecule has 8 nitrogen and oxygen atoms in total. The van der Waals surface area contributed by atoms with Crippen molar-refractivity contribution in [3.8, 4) is 5.75 Å². The molecule has 0 radical (unpaired) electrons. The number of carbonyl (C=O) groups excluding carboxylic acids is 3. The predicted molar refractivity (Wildman–Crippen MR) is 169 cm³/mol. The van der Waals surface area contributed by atoms with Crippen molar-refractivity contribution in [1.29, 1.82) is 0 Å². The number of imide groups is 1. The van der Waals surface area contributed by atoms with Crippen molar-refractivity contribution in [2.45, 2.75) is 90.8 Å². The lowest BCUT2D eigenvalue weighted by Crippen LogP contribution is -2.49. The summed E-state index contributed by atoms with van der Waals surface area (Å²) in [5, 5.41) is -0.0513. The highest BCUT2D eigenvalue weighted by Crippen LogP contribution is 2.39. The molecular formula is C34H49NO7Si. The summed E-state index contributed by atoms with van der Waals surface area (Å²) in [6.45, 7) is 15.4. The highest BCUT2D eigenvalue weighted by Gasteiger charge is 2.45. The van der Waals surface area contributed by atoms with Crippen LogP contribution in [0.4, 0.5) is 4.79 Å². The van der Waals surface area contributed by atoms with Gasteiger partial charge < -0.3 is 18.6 Å². The summed E-state index contributed by atoms with van der Waals surface area (Å²) in [5.74, 6) is -1.49. The van der Waals surface area contributed by atoms with Gasteiger partial charge in [0.05, 0.1) is 31.8 Å². The Labute approximate surface area is 258 Å². The molecule has 1 fully saturated rings. The molecule has 2 aromatic rings. The van der Waals surface area contributed by atoms with E-state index >= 15 is 0 Å². The van der Waals surface area contributed by atoms with Gasteiger partial charge in [-0.25, -0.2) is 9.69 Å². The summed E-state index contributed by atoms with van der Waals surface area (Å²) in [5.41, 5.74) is 2.05. The fourth-order valence-electron chi connectivity index (χ4n) is 4.94. The normalized spacial score (nSPS) is 17.7. The van der Waals surface area contributed by atoms with Gasteiger partial charge in [-0.2, -0.15) is 0 Å². The fourth-order valence-corrected chi connectivity index (χ4v) is 6.37. The average molecular weight is 612 g/mol. The maximum absolute atomic E-state index is 13.8. The van der Waals surface area contributed by atoms with E-state index in [0.717, 1.165) is 21.8 Å². The Morgan fingerprint density at radius 3 is 2.28 bits per heavy atom. The average Bonchev–Trinajstić information content (AvgIpc) is 3.34. The SMILES string of the molecule is COc1ccc(COCCC[C@H](O[Si](C)(C)C(C)(C)C)[C@H](C)C(=O)[C@@H](C)C(=O)N2C(=O)OC[C@H]2Cc2ccccc2)cc1. The lowest BCUT2D eigenvalue weighted by atomic mass is 9.88. The Morgan fingerprint density at radius 2 is 1.67 bits per heavy atom. The van der Waals surface area contributed by atoms with Crippen LogP contribution in [0, 0.1) is 11.8 Å². The van der Waals surface area contributed by atoms with E-state index in [9.17, 15) is 14.4 Å². The zero-order valence-electron chi connectivity index (χ0n) is 27.1. The Morgan fingerprint density at radius 1 is 1.02 bits per heavy atom. The van der Waals surface area contributed by atoms with Crippen LogP contribution in [0.25, 0.3) is 0 Å². The largest absolute Gasteiger partial charge is 0.497 e. The highest BCUT2D eigenvalue weighted by molar-refractivity contribution is 6.74. The molecule has 236 valence electrons. The smallest absolute Gasteiger partial charge is 0.417 e. The van der Waals surface area contributed by atoms with Gasteiger partial charge in [-0.15, -0.1) is 0 Å². The molecule has 43 heavy (non-hydrogen) atoms. The minimum atomic E-state index is -2.23. The Balaban J connectivity index is 1.66. The van der Waals surface area contributed by atoms with Crippen molar-refractivity contribution in [2.24, 2.45) is 11.8 Å². The number of ketones is 1. The van der Waals surface area contributed by atoms with E-state index in [-0.39, 0.29) is 23.5 Å². The Kier molecular flexibility index (Phi) is 12.1. The maximum atomic E-state index is 13.8. The first kappa shape index (κ1) is 34.5. The van der Waals surface area contributed by atoms with Crippen LogP contribution in [0.2, 0.25) is 18.1 Å². The molecule has 9 heteroatoms. The van der Waals surface area contributed by atoms with Crippen molar-refractivity contribution in [1.82, 2.24) is 4.90 Å². The minimum Gasteiger partial charge on any atom is -0.497 e. The van der Waals surface area contributed by atoms with E-state index in [2.05, 4.69) is 33.9 Å². The molecule has 0 aliphatic carbocycles. The van der Waals surface area contributed by atoms with Crippen molar-refractivity contribution >= 4 is 26.1 Å². The lowest BCUT2D eigenvalue weighted by molar-refractivity contribution is -0.141. The molecule has 2 amide bonds. The van der Waals surface area contributed by atoms with Gasteiger partial charge in [-0.1, -0.05) is 70.2 Å². The lowest BCUT2D eigenvalue weighted by Gasteiger charge is -2.41. The molecule has 4 atom stereocenters. The molecule has 1 aliphatic heterocycles. The molecule has 0 saturated carbocycles. The summed E-state index contributed by atoms with van der Waals surface area (Å²) < 4.78 is 23.2. The van der Waals surface area contributed by atoms with E-state index in [1.54, 1.807) is 14.0 Å². The van der Waals surface area contributed by atoms with Gasteiger partial charge in [-0.05, 0) is 67.6 Å². The second-order valence-electron chi connectivity index (χ2n) is 13.0. The van der Waals surface area contributed by atoms with Crippen LogP contribution in [0.1, 0.15) is 58.6 Å². The van der Waals surface area contributed by atoms with Gasteiger partial charge in [0.25, 0.3) is 0 Å². The minimum absolute atomic E-state index is 0.0513. The monoisotopic (exact) mass is 611 g/mol. The van der Waals surface area contributed by atoms with E-state index in [1.165, 1.54) is 0 Å². The number of nitrogens with zero attached hydrogens (tertiary/aromatic N) is 1. The van der Waals surface area contributed by atoms with Crippen LogP contribution in [0.15, 0.2) is 54.6 Å². The van der Waals surface area contributed by atoms with Gasteiger partial charge in [0, 0.05) is 12.5 Å². The van der Waals surface area contributed by atoms with Crippen LogP contribution in [0.5, 0.6) is 5.75 Å². The number of carbonyl (C=O) groups is 3. The molecule has 0 bridgehead atoms. The first-order chi connectivity index (χ1) is 20.2. The van der Waals surface area contributed by atoms with Gasteiger partial charge in [-0.3, -0.25) is 9.59 Å². The molecule has 1 aliphatic rings. The molecule has 0 spiro atoms. The molecule has 0 N–H and O–H groups in total. The second kappa shape index (κ2) is 15.1. The quantitative estimate of drug-likeness (QED) is 0.124. The summed E-state index contributed by atoms with van der Waals surface area (Å²) in [4.78, 5) is 41.2. The van der Waals surface area contributed by atoms with Crippen molar-refractivity contribution in [3.05, 3.63) is 65.7 Å². The molecule has 2 aromatic carbocycles. The topological polar surface area (TPSA) is 91.4 Å². The van der Waals surface area contributed by atoms with Crippen LogP contribution in [-0.2, 0) is 36.5 Å². The number of benzene rings is 2. The van der Waals surface area contributed by atoms with Crippen LogP contribution in [-0.4, -0.2) is 63.5 Å². The van der Waals surface area contributed by atoms with Gasteiger partial charge in [0.1, 0.15) is 18.1 Å². The molecule has 0 unspecified atom stereocenters. The number of cyclic esters (lactones) is 1. The number of methoxy groups -OCH3 is 1. The molecule has 1 saturated heterocycles. The van der Waals surface area contributed by atoms with Gasteiger partial charge in [0.15, 0.2) is 8.32 Å². The number of rotatable bonds is 15. The van der Waals surface area contributed by atoms with E-state index in [0.29, 0.717) is 32.5 Å². The summed E-state index contributed by atoms with van der Waals surface area (Å²) in [6.07, 6.45) is 0.723. The highest BCUT2D eigenvalue weighted by atomic mass is 28.4. The Bertz CT molecular complexity index is 1210. The first-order valence-electron chi connectivity index (χ1n) is 15.2.